The van der Waals surface area contributed by atoms with Gasteiger partial charge in [0.1, 0.15) is 0 Å². The predicted molar refractivity (Wildman–Crippen MR) is 75.3 cm³/mol. The third kappa shape index (κ3) is 2.64. The molecule has 1 N–H and O–H groups in total. The van der Waals surface area contributed by atoms with Gasteiger partial charge >= 0.3 is 0 Å². The number of aryl methyl sites for hydroxylation is 1. The summed E-state index contributed by atoms with van der Waals surface area (Å²) in [6.45, 7) is 4.47. The van der Waals surface area contributed by atoms with Crippen molar-refractivity contribution in [1.82, 2.24) is 4.57 Å². The molecule has 0 bridgehead atoms. The van der Waals surface area contributed by atoms with Crippen LogP contribution in [0.5, 0.6) is 0 Å². The maximum atomic E-state index is 13.7. The Morgan fingerprint density at radius 2 is 2.05 bits per heavy atom. The molecule has 5 nitrogen and oxygen atoms in total. The van der Waals surface area contributed by atoms with E-state index in [0.717, 1.165) is 23.0 Å². The second-order valence-electron chi connectivity index (χ2n) is 4.73. The maximum Gasteiger partial charge on any atom is 0.272 e. The molecule has 0 atom stereocenters. The Morgan fingerprint density at radius 1 is 1.35 bits per heavy atom. The first kappa shape index (κ1) is 14.0. The molecule has 1 aromatic heterocycles. The number of rotatable bonds is 4. The topological polar surface area (TPSA) is 60.1 Å². The summed E-state index contributed by atoms with van der Waals surface area (Å²) >= 11 is 0. The van der Waals surface area contributed by atoms with Crippen LogP contribution in [-0.2, 0) is 13.6 Å². The van der Waals surface area contributed by atoms with Crippen LogP contribution in [0.2, 0.25) is 0 Å². The van der Waals surface area contributed by atoms with Crippen LogP contribution >= 0.6 is 0 Å². The minimum Gasteiger partial charge on any atom is -0.379 e. The highest BCUT2D eigenvalue weighted by Gasteiger charge is 2.11. The average molecular weight is 277 g/mol. The van der Waals surface area contributed by atoms with Gasteiger partial charge in [0, 0.05) is 31.0 Å². The molecule has 2 aromatic rings. The van der Waals surface area contributed by atoms with E-state index in [2.05, 4.69) is 9.88 Å². The number of nitro benzene ring substituents is 1. The molecule has 1 heterocycles. The lowest BCUT2D eigenvalue weighted by molar-refractivity contribution is -0.385. The van der Waals surface area contributed by atoms with Crippen molar-refractivity contribution in [1.29, 1.82) is 0 Å². The van der Waals surface area contributed by atoms with Gasteiger partial charge in [-0.3, -0.25) is 10.1 Å². The molecule has 0 unspecified atom stereocenters. The summed E-state index contributed by atoms with van der Waals surface area (Å²) in [4.78, 5) is 9.93. The van der Waals surface area contributed by atoms with Crippen molar-refractivity contribution in [2.24, 2.45) is 7.05 Å². The van der Waals surface area contributed by atoms with Gasteiger partial charge in [0.05, 0.1) is 16.7 Å². The number of hydrogen-bond donors (Lipinski definition) is 1. The molecule has 20 heavy (non-hydrogen) atoms. The van der Waals surface area contributed by atoms with Gasteiger partial charge in [-0.2, -0.15) is 0 Å². The molecule has 0 saturated carbocycles. The summed E-state index contributed by atoms with van der Waals surface area (Å²) < 4.78 is 15.8. The Hall–Kier alpha value is -2.37. The van der Waals surface area contributed by atoms with Crippen LogP contribution in [0.1, 0.15) is 17.0 Å². The quantitative estimate of drug-likeness (QED) is 0.689. The number of nitro groups is 1. The van der Waals surface area contributed by atoms with Crippen molar-refractivity contribution in [3.05, 3.63) is 57.1 Å². The van der Waals surface area contributed by atoms with Crippen LogP contribution in [-0.4, -0.2) is 9.49 Å². The van der Waals surface area contributed by atoms with Crippen LogP contribution in [0, 0.1) is 29.8 Å². The number of hydrogen-bond acceptors (Lipinski definition) is 3. The monoisotopic (exact) mass is 277 g/mol. The first-order valence-corrected chi connectivity index (χ1v) is 6.19. The van der Waals surface area contributed by atoms with Crippen LogP contribution < -0.4 is 5.32 Å². The Morgan fingerprint density at radius 3 is 2.55 bits per heavy atom. The number of benzene rings is 1. The number of nitrogens with one attached hydrogen (secondary N) is 1. The summed E-state index contributed by atoms with van der Waals surface area (Å²) in [6.07, 6.45) is 0. The number of halogens is 1. The summed E-state index contributed by atoms with van der Waals surface area (Å²) in [5, 5.41) is 13.5. The molecule has 0 aliphatic carbocycles. The lowest BCUT2D eigenvalue weighted by Crippen LogP contribution is -2.03. The van der Waals surface area contributed by atoms with E-state index in [9.17, 15) is 14.5 Å². The second-order valence-corrected chi connectivity index (χ2v) is 4.73. The summed E-state index contributed by atoms with van der Waals surface area (Å²) in [7, 11) is 1.97. The molecule has 0 saturated heterocycles. The van der Waals surface area contributed by atoms with E-state index in [-0.39, 0.29) is 11.4 Å². The van der Waals surface area contributed by atoms with Crippen molar-refractivity contribution in [2.45, 2.75) is 20.4 Å². The fraction of sp³-hybridized carbons (Fsp3) is 0.286. The Kier molecular flexibility index (Phi) is 3.74. The van der Waals surface area contributed by atoms with Crippen molar-refractivity contribution in [3.63, 3.8) is 0 Å². The molecule has 0 amide bonds. The maximum absolute atomic E-state index is 13.7. The fourth-order valence-electron chi connectivity index (χ4n) is 2.06. The molecule has 0 spiro atoms. The highest BCUT2D eigenvalue weighted by Crippen LogP contribution is 2.22. The zero-order valence-electron chi connectivity index (χ0n) is 11.6. The van der Waals surface area contributed by atoms with Gasteiger partial charge in [-0.25, -0.2) is 4.39 Å². The van der Waals surface area contributed by atoms with E-state index in [0.29, 0.717) is 6.54 Å². The van der Waals surface area contributed by atoms with Gasteiger partial charge in [0.25, 0.3) is 5.69 Å². The normalized spacial score (nSPS) is 10.6. The highest BCUT2D eigenvalue weighted by molar-refractivity contribution is 5.50. The van der Waals surface area contributed by atoms with Crippen molar-refractivity contribution < 1.29 is 9.31 Å². The third-order valence-corrected chi connectivity index (χ3v) is 3.51. The first-order chi connectivity index (χ1) is 9.40. The molecule has 0 radical (unpaired) electrons. The van der Waals surface area contributed by atoms with Gasteiger partial charge < -0.3 is 9.88 Å². The van der Waals surface area contributed by atoms with Gasteiger partial charge in [-0.15, -0.1) is 0 Å². The van der Waals surface area contributed by atoms with E-state index in [1.807, 2.05) is 27.0 Å². The number of nitrogens with zero attached hydrogens (tertiary/aromatic N) is 2. The molecule has 0 aliphatic heterocycles. The van der Waals surface area contributed by atoms with Crippen LogP contribution in [0.4, 0.5) is 15.8 Å². The number of anilines is 1. The van der Waals surface area contributed by atoms with E-state index >= 15 is 0 Å². The highest BCUT2D eigenvalue weighted by atomic mass is 19.1. The standard InChI is InChI=1S/C14H16FN3O2/c1-9-6-11(10(2)17(9)3)8-16-14-5-4-12(18(19)20)7-13(14)15/h4-7,16H,8H2,1-3H3. The predicted octanol–water partition coefficient (Wildman–Crippen LogP) is 3.30. The third-order valence-electron chi connectivity index (χ3n) is 3.51. The Balaban J connectivity index is 2.15. The van der Waals surface area contributed by atoms with Gasteiger partial charge in [0.15, 0.2) is 5.82 Å². The smallest absolute Gasteiger partial charge is 0.272 e. The largest absolute Gasteiger partial charge is 0.379 e. The molecule has 2 rings (SSSR count). The number of non-ortho nitro benzene ring substituents is 1. The van der Waals surface area contributed by atoms with E-state index in [4.69, 9.17) is 0 Å². The number of aromatic nitrogens is 1. The van der Waals surface area contributed by atoms with E-state index in [1.165, 1.54) is 12.1 Å². The van der Waals surface area contributed by atoms with E-state index in [1.54, 1.807) is 0 Å². The van der Waals surface area contributed by atoms with Crippen molar-refractivity contribution in [3.8, 4) is 0 Å². The zero-order chi connectivity index (χ0) is 14.9. The first-order valence-electron chi connectivity index (χ1n) is 6.19. The average Bonchev–Trinajstić information content (AvgIpc) is 2.64. The summed E-state index contributed by atoms with van der Waals surface area (Å²) in [5.74, 6) is -0.621. The summed E-state index contributed by atoms with van der Waals surface area (Å²) in [5.41, 5.74) is 3.32. The molecule has 0 fully saturated rings. The molecule has 1 aromatic carbocycles. The molecular formula is C14H16FN3O2. The van der Waals surface area contributed by atoms with Gasteiger partial charge in [-0.05, 0) is 31.5 Å². The van der Waals surface area contributed by atoms with Crippen LogP contribution in [0.3, 0.4) is 0 Å². The summed E-state index contributed by atoms with van der Waals surface area (Å²) in [6, 6.07) is 5.63. The SMILES string of the molecule is Cc1cc(CNc2ccc([N+](=O)[O-])cc2F)c(C)n1C. The van der Waals surface area contributed by atoms with Crippen LogP contribution in [0.15, 0.2) is 24.3 Å². The van der Waals surface area contributed by atoms with E-state index < -0.39 is 10.7 Å². The zero-order valence-corrected chi connectivity index (χ0v) is 11.6. The van der Waals surface area contributed by atoms with Gasteiger partial charge in [0.2, 0.25) is 0 Å². The Bertz CT molecular complexity index is 665. The molecule has 6 heteroatoms. The fourth-order valence-corrected chi connectivity index (χ4v) is 2.06. The minimum absolute atomic E-state index is 0.250. The lowest BCUT2D eigenvalue weighted by atomic mass is 10.2. The second kappa shape index (κ2) is 5.32. The molecule has 106 valence electrons. The Labute approximate surface area is 116 Å². The molecular weight excluding hydrogens is 261 g/mol. The van der Waals surface area contributed by atoms with Gasteiger partial charge in [-0.1, -0.05) is 0 Å². The minimum atomic E-state index is -0.621. The van der Waals surface area contributed by atoms with Crippen LogP contribution in [0.25, 0.3) is 0 Å². The molecule has 0 aliphatic rings. The van der Waals surface area contributed by atoms with Crippen molar-refractivity contribution >= 4 is 11.4 Å². The lowest BCUT2D eigenvalue weighted by Gasteiger charge is -2.08. The van der Waals surface area contributed by atoms with Crippen molar-refractivity contribution in [2.75, 3.05) is 5.32 Å².